The Kier molecular flexibility index (Phi) is 6.89. The van der Waals surface area contributed by atoms with Gasteiger partial charge >= 0.3 is 11.9 Å². The molecular formula is C15H26O4. The Morgan fingerprint density at radius 2 is 1.11 bits per heavy atom. The SMILES string of the molecule is CC1(C)COC(=O)CCCCCCCCC(=O)OC1. The van der Waals surface area contributed by atoms with E-state index in [0.29, 0.717) is 26.1 Å². The molecule has 0 atom stereocenters. The summed E-state index contributed by atoms with van der Waals surface area (Å²) in [5.41, 5.74) is -0.314. The van der Waals surface area contributed by atoms with Crippen molar-refractivity contribution in [2.75, 3.05) is 13.2 Å². The first-order chi connectivity index (χ1) is 8.99. The highest BCUT2D eigenvalue weighted by atomic mass is 16.5. The number of hydrogen-bond acceptors (Lipinski definition) is 4. The van der Waals surface area contributed by atoms with Crippen molar-refractivity contribution in [1.29, 1.82) is 0 Å². The molecule has 0 aromatic rings. The highest BCUT2D eigenvalue weighted by Gasteiger charge is 2.22. The van der Waals surface area contributed by atoms with Gasteiger partial charge in [0.1, 0.15) is 0 Å². The van der Waals surface area contributed by atoms with Crippen LogP contribution in [-0.2, 0) is 19.1 Å². The lowest BCUT2D eigenvalue weighted by molar-refractivity contribution is -0.152. The monoisotopic (exact) mass is 270 g/mol. The molecule has 19 heavy (non-hydrogen) atoms. The van der Waals surface area contributed by atoms with Crippen LogP contribution in [0.15, 0.2) is 0 Å². The summed E-state index contributed by atoms with van der Waals surface area (Å²) in [6, 6.07) is 0. The van der Waals surface area contributed by atoms with Crippen LogP contribution in [0.5, 0.6) is 0 Å². The summed E-state index contributed by atoms with van der Waals surface area (Å²) in [6.07, 6.45) is 7.14. The minimum absolute atomic E-state index is 0.144. The van der Waals surface area contributed by atoms with Gasteiger partial charge in [0.15, 0.2) is 0 Å². The lowest BCUT2D eigenvalue weighted by Crippen LogP contribution is -2.28. The molecule has 1 aliphatic rings. The summed E-state index contributed by atoms with van der Waals surface area (Å²) in [4.78, 5) is 23.1. The zero-order valence-electron chi connectivity index (χ0n) is 12.2. The van der Waals surface area contributed by atoms with Crippen molar-refractivity contribution < 1.29 is 19.1 Å². The Hall–Kier alpha value is -1.06. The average molecular weight is 270 g/mol. The summed E-state index contributed by atoms with van der Waals surface area (Å²) in [5, 5.41) is 0. The van der Waals surface area contributed by atoms with Gasteiger partial charge in [0.05, 0.1) is 13.2 Å². The van der Waals surface area contributed by atoms with Crippen LogP contribution in [-0.4, -0.2) is 25.2 Å². The van der Waals surface area contributed by atoms with Crippen molar-refractivity contribution in [2.24, 2.45) is 5.41 Å². The Morgan fingerprint density at radius 3 is 1.53 bits per heavy atom. The van der Waals surface area contributed by atoms with Crippen LogP contribution in [0.1, 0.15) is 65.2 Å². The van der Waals surface area contributed by atoms with Crippen molar-refractivity contribution in [3.8, 4) is 0 Å². The molecule has 0 spiro atoms. The normalized spacial score (nSPS) is 23.7. The second kappa shape index (κ2) is 8.18. The van der Waals surface area contributed by atoms with Gasteiger partial charge < -0.3 is 9.47 Å². The molecule has 1 fully saturated rings. The van der Waals surface area contributed by atoms with Gasteiger partial charge in [-0.3, -0.25) is 9.59 Å². The second-order valence-corrected chi connectivity index (χ2v) is 6.11. The van der Waals surface area contributed by atoms with E-state index in [2.05, 4.69) is 0 Å². The number of cyclic esters (lactones) is 2. The van der Waals surface area contributed by atoms with Crippen LogP contribution < -0.4 is 0 Å². The van der Waals surface area contributed by atoms with E-state index in [1.54, 1.807) is 0 Å². The van der Waals surface area contributed by atoms with Gasteiger partial charge in [-0.2, -0.15) is 0 Å². The van der Waals surface area contributed by atoms with E-state index in [4.69, 9.17) is 9.47 Å². The Labute approximate surface area is 115 Å². The first-order valence-electron chi connectivity index (χ1n) is 7.31. The Bertz CT molecular complexity index is 269. The minimum Gasteiger partial charge on any atom is -0.465 e. The fourth-order valence-electron chi connectivity index (χ4n) is 1.98. The number of hydrogen-bond donors (Lipinski definition) is 0. The van der Waals surface area contributed by atoms with E-state index >= 15 is 0 Å². The molecule has 4 heteroatoms. The minimum atomic E-state index is -0.314. The molecule has 1 saturated heterocycles. The molecule has 0 amide bonds. The lowest BCUT2D eigenvalue weighted by Gasteiger charge is -2.23. The maximum absolute atomic E-state index is 11.5. The van der Waals surface area contributed by atoms with Crippen LogP contribution in [0, 0.1) is 5.41 Å². The lowest BCUT2D eigenvalue weighted by atomic mass is 9.96. The van der Waals surface area contributed by atoms with Gasteiger partial charge in [0.25, 0.3) is 0 Å². The molecule has 1 heterocycles. The van der Waals surface area contributed by atoms with Crippen molar-refractivity contribution >= 4 is 11.9 Å². The van der Waals surface area contributed by atoms with Gasteiger partial charge in [-0.15, -0.1) is 0 Å². The predicted molar refractivity (Wildman–Crippen MR) is 72.6 cm³/mol. The van der Waals surface area contributed by atoms with Gasteiger partial charge in [-0.1, -0.05) is 39.5 Å². The molecule has 0 N–H and O–H groups in total. The molecule has 0 radical (unpaired) electrons. The smallest absolute Gasteiger partial charge is 0.305 e. The summed E-state index contributed by atoms with van der Waals surface area (Å²) in [5.74, 6) is -0.288. The molecule has 110 valence electrons. The van der Waals surface area contributed by atoms with E-state index in [1.807, 2.05) is 13.8 Å². The van der Waals surface area contributed by atoms with Gasteiger partial charge in [0.2, 0.25) is 0 Å². The van der Waals surface area contributed by atoms with Crippen LogP contribution in [0.2, 0.25) is 0 Å². The highest BCUT2D eigenvalue weighted by Crippen LogP contribution is 2.18. The number of carbonyl (C=O) groups excluding carboxylic acids is 2. The molecule has 0 bridgehead atoms. The number of ether oxygens (including phenoxy) is 2. The number of esters is 2. The summed E-state index contributed by atoms with van der Waals surface area (Å²) < 4.78 is 10.5. The standard InChI is InChI=1S/C15H26O4/c1-15(2)11-18-13(16)9-7-5-3-4-6-8-10-14(17)19-12-15/h3-12H2,1-2H3. The van der Waals surface area contributed by atoms with E-state index in [0.717, 1.165) is 38.5 Å². The largest absolute Gasteiger partial charge is 0.465 e. The van der Waals surface area contributed by atoms with E-state index in [9.17, 15) is 9.59 Å². The van der Waals surface area contributed by atoms with Crippen molar-refractivity contribution in [3.63, 3.8) is 0 Å². The van der Waals surface area contributed by atoms with Crippen LogP contribution in [0.4, 0.5) is 0 Å². The van der Waals surface area contributed by atoms with Crippen molar-refractivity contribution in [1.82, 2.24) is 0 Å². The third kappa shape index (κ3) is 7.85. The van der Waals surface area contributed by atoms with Gasteiger partial charge in [-0.05, 0) is 12.8 Å². The Balaban J connectivity index is 2.45. The van der Waals surface area contributed by atoms with Crippen LogP contribution in [0.3, 0.4) is 0 Å². The molecular weight excluding hydrogens is 244 g/mol. The van der Waals surface area contributed by atoms with Crippen LogP contribution in [0.25, 0.3) is 0 Å². The first kappa shape index (κ1) is 16.0. The number of carbonyl (C=O) groups is 2. The molecule has 0 aromatic heterocycles. The van der Waals surface area contributed by atoms with E-state index in [1.165, 1.54) is 0 Å². The van der Waals surface area contributed by atoms with Gasteiger partial charge in [0, 0.05) is 18.3 Å². The van der Waals surface area contributed by atoms with Crippen LogP contribution >= 0.6 is 0 Å². The quantitative estimate of drug-likeness (QED) is 0.634. The average Bonchev–Trinajstić information content (AvgIpc) is 2.37. The fraction of sp³-hybridized carbons (Fsp3) is 0.867. The third-order valence-corrected chi connectivity index (χ3v) is 3.26. The van der Waals surface area contributed by atoms with E-state index < -0.39 is 0 Å². The molecule has 0 saturated carbocycles. The Morgan fingerprint density at radius 1 is 0.737 bits per heavy atom. The summed E-state index contributed by atoms with van der Waals surface area (Å²) >= 11 is 0. The third-order valence-electron chi connectivity index (χ3n) is 3.26. The van der Waals surface area contributed by atoms with Crippen molar-refractivity contribution in [3.05, 3.63) is 0 Å². The van der Waals surface area contributed by atoms with Crippen molar-refractivity contribution in [2.45, 2.75) is 65.2 Å². The zero-order valence-corrected chi connectivity index (χ0v) is 12.2. The zero-order chi connectivity index (χ0) is 14.1. The summed E-state index contributed by atoms with van der Waals surface area (Å²) in [7, 11) is 0. The molecule has 4 nitrogen and oxygen atoms in total. The molecule has 0 aromatic carbocycles. The summed E-state index contributed by atoms with van der Waals surface area (Å²) in [6.45, 7) is 4.48. The maximum atomic E-state index is 11.5. The molecule has 0 aliphatic carbocycles. The topological polar surface area (TPSA) is 52.6 Å². The molecule has 1 aliphatic heterocycles. The van der Waals surface area contributed by atoms with E-state index in [-0.39, 0.29) is 17.4 Å². The first-order valence-corrected chi connectivity index (χ1v) is 7.31. The number of rotatable bonds is 0. The van der Waals surface area contributed by atoms with Gasteiger partial charge in [-0.25, -0.2) is 0 Å². The fourth-order valence-corrected chi connectivity index (χ4v) is 1.98. The maximum Gasteiger partial charge on any atom is 0.305 e. The second-order valence-electron chi connectivity index (χ2n) is 6.11. The highest BCUT2D eigenvalue weighted by molar-refractivity contribution is 5.69. The predicted octanol–water partition coefficient (Wildman–Crippen LogP) is 3.23. The molecule has 1 rings (SSSR count). The molecule has 0 unspecified atom stereocenters.